The number of halogens is 1. The summed E-state index contributed by atoms with van der Waals surface area (Å²) in [7, 11) is 0. The number of hydrogen-bond donors (Lipinski definition) is 3. The maximum absolute atomic E-state index is 14.1. The maximum Gasteiger partial charge on any atom is 0.259 e. The summed E-state index contributed by atoms with van der Waals surface area (Å²) < 4.78 is 14.1. The number of anilines is 1. The molecule has 0 radical (unpaired) electrons. The highest BCUT2D eigenvalue weighted by Crippen LogP contribution is 2.40. The van der Waals surface area contributed by atoms with Crippen LogP contribution in [0.15, 0.2) is 89.1 Å². The fraction of sp³-hybridized carbons (Fsp3) is 0.233. The molecule has 6 nitrogen and oxygen atoms in total. The summed E-state index contributed by atoms with van der Waals surface area (Å²) in [6, 6.07) is 22.3. The summed E-state index contributed by atoms with van der Waals surface area (Å²) in [5.74, 6) is -1.56. The topological polar surface area (TPSA) is 100 Å². The lowest BCUT2D eigenvalue weighted by molar-refractivity contribution is 0.102. The predicted octanol–water partition coefficient (Wildman–Crippen LogP) is 8.11. The van der Waals surface area contributed by atoms with Gasteiger partial charge >= 0.3 is 0 Å². The normalized spacial score (nSPS) is 11.8. The zero-order valence-corrected chi connectivity index (χ0v) is 21.0. The summed E-state index contributed by atoms with van der Waals surface area (Å²) in [5.41, 5.74) is 8.10. The number of nitrogens with two attached hydrogens (primary N) is 1. The van der Waals surface area contributed by atoms with Crippen LogP contribution in [0, 0.1) is 5.82 Å². The average Bonchev–Trinajstić information content (AvgIpc) is 2.89. The van der Waals surface area contributed by atoms with Gasteiger partial charge in [0, 0.05) is 10.9 Å². The molecule has 4 aromatic carbocycles. The molecule has 1 amide bonds. The summed E-state index contributed by atoms with van der Waals surface area (Å²) in [6.07, 6.45) is 3.77. The molecule has 0 aliphatic heterocycles. The molecular formula is C30H31FN4O2. The van der Waals surface area contributed by atoms with Gasteiger partial charge in [-0.25, -0.2) is 4.39 Å². The number of carbonyl (C=O) groups is 1. The Bertz CT molecular complexity index is 1430. The number of carbonyl (C=O) groups excluding carboxylic acids is 1. The van der Waals surface area contributed by atoms with E-state index >= 15 is 0 Å². The van der Waals surface area contributed by atoms with Gasteiger partial charge in [-0.1, -0.05) is 75.2 Å². The summed E-state index contributed by atoms with van der Waals surface area (Å²) >= 11 is 0. The molecule has 0 unspecified atom stereocenters. The zero-order chi connectivity index (χ0) is 26.4. The molecule has 0 saturated carbocycles. The second-order valence-electron chi connectivity index (χ2n) is 9.18. The first kappa shape index (κ1) is 26.0. The minimum atomic E-state index is -0.653. The Morgan fingerprint density at radius 2 is 1.59 bits per heavy atom. The van der Waals surface area contributed by atoms with Gasteiger partial charge in [-0.3, -0.25) is 4.79 Å². The number of nitrogens with zero attached hydrogens (tertiary/aromatic N) is 2. The Morgan fingerprint density at radius 1 is 0.946 bits per heavy atom. The fourth-order valence-electron chi connectivity index (χ4n) is 4.62. The minimum absolute atomic E-state index is 0.0189. The van der Waals surface area contributed by atoms with Crippen molar-refractivity contribution in [2.24, 2.45) is 16.0 Å². The molecule has 0 spiro atoms. The number of amides is 1. The highest BCUT2D eigenvalue weighted by molar-refractivity contribution is 6.11. The van der Waals surface area contributed by atoms with Gasteiger partial charge in [0.1, 0.15) is 11.5 Å². The molecule has 4 rings (SSSR count). The average molecular weight is 499 g/mol. The monoisotopic (exact) mass is 498 g/mol. The van der Waals surface area contributed by atoms with Crippen molar-refractivity contribution in [3.8, 4) is 5.75 Å². The van der Waals surface area contributed by atoms with E-state index in [1.165, 1.54) is 18.2 Å². The number of nitrogens with one attached hydrogen (secondary N) is 1. The van der Waals surface area contributed by atoms with Crippen LogP contribution in [0.2, 0.25) is 0 Å². The van der Waals surface area contributed by atoms with E-state index in [-0.39, 0.29) is 28.2 Å². The molecule has 7 heteroatoms. The molecular weight excluding hydrogens is 467 g/mol. The van der Waals surface area contributed by atoms with Crippen molar-refractivity contribution in [3.05, 3.63) is 95.8 Å². The Morgan fingerprint density at radius 3 is 2.27 bits per heavy atom. The minimum Gasteiger partial charge on any atom is -0.505 e. The number of phenols is 1. The molecule has 4 N–H and O–H groups in total. The van der Waals surface area contributed by atoms with Crippen molar-refractivity contribution in [1.82, 2.24) is 0 Å². The van der Waals surface area contributed by atoms with Crippen molar-refractivity contribution in [2.45, 2.75) is 45.1 Å². The smallest absolute Gasteiger partial charge is 0.259 e. The van der Waals surface area contributed by atoms with Crippen LogP contribution in [-0.4, -0.2) is 11.0 Å². The Kier molecular flexibility index (Phi) is 7.94. The molecule has 0 aromatic heterocycles. The lowest BCUT2D eigenvalue weighted by Crippen LogP contribution is -2.36. The van der Waals surface area contributed by atoms with Gasteiger partial charge in [-0.2, -0.15) is 5.11 Å². The molecule has 37 heavy (non-hydrogen) atoms. The van der Waals surface area contributed by atoms with Gasteiger partial charge in [0.2, 0.25) is 0 Å². The van der Waals surface area contributed by atoms with E-state index in [9.17, 15) is 14.3 Å². The van der Waals surface area contributed by atoms with Crippen molar-refractivity contribution in [3.63, 3.8) is 0 Å². The molecule has 0 aliphatic carbocycles. The number of benzene rings is 4. The number of rotatable bonds is 9. The van der Waals surface area contributed by atoms with Crippen LogP contribution in [0.25, 0.3) is 10.8 Å². The summed E-state index contributed by atoms with van der Waals surface area (Å²) in [6.45, 7) is 4.25. The lowest BCUT2D eigenvalue weighted by atomic mass is 9.83. The van der Waals surface area contributed by atoms with Crippen molar-refractivity contribution in [1.29, 1.82) is 0 Å². The number of aromatic hydroxyl groups is 1. The molecule has 0 fully saturated rings. The molecule has 0 aliphatic rings. The van der Waals surface area contributed by atoms with E-state index < -0.39 is 11.7 Å². The van der Waals surface area contributed by atoms with Crippen LogP contribution >= 0.6 is 0 Å². The predicted molar refractivity (Wildman–Crippen MR) is 146 cm³/mol. The lowest BCUT2D eigenvalue weighted by Gasteiger charge is -2.29. The number of azo groups is 1. The quantitative estimate of drug-likeness (QED) is 0.203. The van der Waals surface area contributed by atoms with Gasteiger partial charge in [-0.05, 0) is 54.1 Å². The number of fused-ring (bicyclic) bond motifs is 1. The van der Waals surface area contributed by atoms with E-state index in [4.69, 9.17) is 5.73 Å². The van der Waals surface area contributed by atoms with Crippen molar-refractivity contribution in [2.75, 3.05) is 5.32 Å². The largest absolute Gasteiger partial charge is 0.505 e. The van der Waals surface area contributed by atoms with E-state index in [0.717, 1.165) is 31.2 Å². The Labute approximate surface area is 216 Å². The first-order valence-corrected chi connectivity index (χ1v) is 12.5. The number of hydrogen-bond acceptors (Lipinski definition) is 5. The second kappa shape index (κ2) is 11.3. The maximum atomic E-state index is 14.1. The molecule has 4 aromatic rings. The zero-order valence-electron chi connectivity index (χ0n) is 21.0. The van der Waals surface area contributed by atoms with Crippen LogP contribution in [0.3, 0.4) is 0 Å². The van der Waals surface area contributed by atoms with Crippen LogP contribution in [0.5, 0.6) is 5.75 Å². The van der Waals surface area contributed by atoms with Crippen LogP contribution in [-0.2, 0) is 5.54 Å². The van der Waals surface area contributed by atoms with E-state index in [1.807, 2.05) is 42.5 Å². The van der Waals surface area contributed by atoms with Crippen LogP contribution in [0.4, 0.5) is 21.5 Å². The highest BCUT2D eigenvalue weighted by atomic mass is 19.1. The van der Waals surface area contributed by atoms with Crippen molar-refractivity contribution < 1.29 is 14.3 Å². The van der Waals surface area contributed by atoms with Gasteiger partial charge in [-0.15, -0.1) is 5.11 Å². The Hall–Kier alpha value is -4.10. The highest BCUT2D eigenvalue weighted by Gasteiger charge is 2.25. The number of para-hydroxylation sites is 1. The second-order valence-corrected chi connectivity index (χ2v) is 9.18. The summed E-state index contributed by atoms with van der Waals surface area (Å²) in [5, 5.41) is 23.5. The molecule has 0 atom stereocenters. The van der Waals surface area contributed by atoms with Gasteiger partial charge in [0.15, 0.2) is 5.75 Å². The van der Waals surface area contributed by atoms with E-state index in [2.05, 4.69) is 29.4 Å². The fourth-order valence-corrected chi connectivity index (χ4v) is 4.62. The molecule has 0 bridgehead atoms. The Balaban J connectivity index is 1.68. The van der Waals surface area contributed by atoms with Crippen LogP contribution < -0.4 is 11.1 Å². The van der Waals surface area contributed by atoms with Gasteiger partial charge in [0.25, 0.3) is 5.91 Å². The van der Waals surface area contributed by atoms with Crippen molar-refractivity contribution >= 4 is 33.7 Å². The summed E-state index contributed by atoms with van der Waals surface area (Å²) in [4.78, 5) is 13.0. The van der Waals surface area contributed by atoms with Gasteiger partial charge in [0.05, 0.1) is 16.9 Å². The molecule has 0 heterocycles. The number of phenolic OH excluding ortho intramolecular Hbond substituents is 1. The first-order chi connectivity index (χ1) is 17.9. The first-order valence-electron chi connectivity index (χ1n) is 12.5. The third-order valence-electron chi connectivity index (χ3n) is 6.46. The molecule has 190 valence electrons. The third kappa shape index (κ3) is 5.67. The standard InChI is InChI=1S/C30H31FN4O2/c1-3-17-30(32,18-4-2)21-13-15-22(16-14-21)34-35-27-23-10-6-5-9-20(23)19-24(28(27)36)29(37)33-26-12-8-7-11-25(26)31/h5-16,19,36H,3-4,17-18,32H2,1-2H3,(H,33,37). The third-order valence-corrected chi connectivity index (χ3v) is 6.46. The molecule has 0 saturated heterocycles. The van der Waals surface area contributed by atoms with E-state index in [0.29, 0.717) is 16.5 Å². The SMILES string of the molecule is CCCC(N)(CCC)c1ccc(N=Nc2c(O)c(C(=O)Nc3ccccc3F)cc3ccccc23)cc1. The van der Waals surface area contributed by atoms with Gasteiger partial charge < -0.3 is 16.2 Å². The van der Waals surface area contributed by atoms with E-state index in [1.54, 1.807) is 18.2 Å². The van der Waals surface area contributed by atoms with Crippen LogP contribution in [0.1, 0.15) is 55.5 Å².